The fourth-order valence-corrected chi connectivity index (χ4v) is 4.86. The summed E-state index contributed by atoms with van der Waals surface area (Å²) < 4.78 is 26.2. The molecule has 1 atom stereocenters. The zero-order valence-corrected chi connectivity index (χ0v) is 19.5. The smallest absolute Gasteiger partial charge is 0.244 e. The van der Waals surface area contributed by atoms with Gasteiger partial charge in [-0.05, 0) is 56.4 Å². The topological polar surface area (TPSA) is 109 Å². The molecule has 1 aliphatic carbocycles. The molecule has 3 N–H and O–H groups in total. The van der Waals surface area contributed by atoms with Crippen LogP contribution in [-0.2, 0) is 4.74 Å². The highest BCUT2D eigenvalue weighted by Gasteiger charge is 2.41. The Bertz CT molecular complexity index is 1180. The Labute approximate surface area is 197 Å². The molecule has 2 fully saturated rings. The van der Waals surface area contributed by atoms with Crippen LogP contribution < -0.4 is 15.4 Å². The van der Waals surface area contributed by atoms with Crippen molar-refractivity contribution in [3.63, 3.8) is 0 Å². The van der Waals surface area contributed by atoms with Crippen LogP contribution in [0.25, 0.3) is 16.6 Å². The van der Waals surface area contributed by atoms with Crippen LogP contribution in [0.5, 0.6) is 5.88 Å². The number of hydrogen-bond acceptors (Lipinski definition) is 8. The van der Waals surface area contributed by atoms with E-state index in [4.69, 9.17) is 15.0 Å². The van der Waals surface area contributed by atoms with Gasteiger partial charge < -0.3 is 20.1 Å². The number of halogens is 1. The van der Waals surface area contributed by atoms with Crippen molar-refractivity contribution in [2.75, 3.05) is 37.5 Å². The number of alkyl halides is 1. The highest BCUT2D eigenvalue weighted by Crippen LogP contribution is 2.43. The van der Waals surface area contributed by atoms with Gasteiger partial charge in [-0.15, -0.1) is 5.10 Å². The van der Waals surface area contributed by atoms with Crippen molar-refractivity contribution in [2.24, 2.45) is 10.5 Å². The first-order valence-corrected chi connectivity index (χ1v) is 11.7. The molecule has 1 spiro atoms. The molecule has 5 rings (SSSR count). The van der Waals surface area contributed by atoms with E-state index in [2.05, 4.69) is 25.8 Å². The second kappa shape index (κ2) is 9.17. The third kappa shape index (κ3) is 4.29. The molecule has 9 nitrogen and oxygen atoms in total. The van der Waals surface area contributed by atoms with Gasteiger partial charge in [-0.1, -0.05) is 6.07 Å². The Hall–Kier alpha value is -3.27. The van der Waals surface area contributed by atoms with Crippen LogP contribution >= 0.6 is 0 Å². The van der Waals surface area contributed by atoms with Crippen LogP contribution in [0.2, 0.25) is 0 Å². The predicted octanol–water partition coefficient (Wildman–Crippen LogP) is 5.21. The van der Waals surface area contributed by atoms with E-state index in [1.807, 2.05) is 24.4 Å². The molecule has 10 heteroatoms. The van der Waals surface area contributed by atoms with E-state index < -0.39 is 6.17 Å². The second-order valence-corrected chi connectivity index (χ2v) is 9.38. The monoisotopic (exact) mass is 467 g/mol. The third-order valence-electron chi connectivity index (χ3n) is 6.87. The SMILES string of the molecule is COc1nc(NC2CCC3(CC2)COC3)nn2ccc(-c3ccc(N=N)c(NC[C@@H](C)F)c3)c12. The van der Waals surface area contributed by atoms with E-state index >= 15 is 0 Å². The van der Waals surface area contributed by atoms with E-state index in [0.29, 0.717) is 34.7 Å². The van der Waals surface area contributed by atoms with E-state index in [9.17, 15) is 4.39 Å². The Kier molecular flexibility index (Phi) is 6.07. The normalized spacial score (nSPS) is 18.4. The first kappa shape index (κ1) is 22.5. The van der Waals surface area contributed by atoms with Crippen LogP contribution in [-0.4, -0.2) is 53.7 Å². The largest absolute Gasteiger partial charge is 0.479 e. The summed E-state index contributed by atoms with van der Waals surface area (Å²) >= 11 is 0. The van der Waals surface area contributed by atoms with Gasteiger partial charge in [0.25, 0.3) is 0 Å². The number of fused-ring (bicyclic) bond motifs is 1. The van der Waals surface area contributed by atoms with E-state index in [1.165, 1.54) is 6.92 Å². The lowest BCUT2D eigenvalue weighted by atomic mass is 9.71. The highest BCUT2D eigenvalue weighted by molar-refractivity contribution is 5.87. The fraction of sp³-hybridized carbons (Fsp3) is 0.500. The van der Waals surface area contributed by atoms with Crippen molar-refractivity contribution >= 4 is 22.8 Å². The van der Waals surface area contributed by atoms with Gasteiger partial charge in [0.15, 0.2) is 0 Å². The van der Waals surface area contributed by atoms with Crippen LogP contribution in [0.15, 0.2) is 35.6 Å². The quantitative estimate of drug-likeness (QED) is 0.393. The maximum Gasteiger partial charge on any atom is 0.244 e. The second-order valence-electron chi connectivity index (χ2n) is 9.38. The summed E-state index contributed by atoms with van der Waals surface area (Å²) in [6, 6.07) is 7.75. The molecular weight excluding hydrogens is 437 g/mol. The Balaban J connectivity index is 1.41. The third-order valence-corrected chi connectivity index (χ3v) is 6.87. The van der Waals surface area contributed by atoms with Crippen LogP contribution in [0.3, 0.4) is 0 Å². The van der Waals surface area contributed by atoms with Gasteiger partial charge in [0.2, 0.25) is 11.8 Å². The minimum absolute atomic E-state index is 0.138. The van der Waals surface area contributed by atoms with Crippen LogP contribution in [0.1, 0.15) is 32.6 Å². The molecule has 0 bridgehead atoms. The highest BCUT2D eigenvalue weighted by atomic mass is 19.1. The van der Waals surface area contributed by atoms with E-state index in [0.717, 1.165) is 55.5 Å². The minimum atomic E-state index is -1.02. The Morgan fingerprint density at radius 2 is 2.12 bits per heavy atom. The lowest BCUT2D eigenvalue weighted by molar-refractivity contribution is -0.131. The Morgan fingerprint density at radius 1 is 1.32 bits per heavy atom. The van der Waals surface area contributed by atoms with E-state index in [1.54, 1.807) is 17.7 Å². The first-order valence-electron chi connectivity index (χ1n) is 11.7. The molecule has 0 amide bonds. The average Bonchev–Trinajstić information content (AvgIpc) is 3.25. The van der Waals surface area contributed by atoms with Crippen molar-refractivity contribution < 1.29 is 13.9 Å². The molecule has 1 saturated carbocycles. The maximum absolute atomic E-state index is 13.4. The summed E-state index contributed by atoms with van der Waals surface area (Å²) in [5.74, 6) is 1.01. The summed E-state index contributed by atoms with van der Waals surface area (Å²) in [6.07, 6.45) is 5.33. The zero-order chi connectivity index (χ0) is 23.7. The molecule has 1 aromatic carbocycles. The molecular formula is C24H30FN7O2. The lowest BCUT2D eigenvalue weighted by Crippen LogP contribution is -2.47. The molecule has 2 aromatic heterocycles. The van der Waals surface area contributed by atoms with Crippen LogP contribution in [0, 0.1) is 10.9 Å². The molecule has 0 unspecified atom stereocenters. The summed E-state index contributed by atoms with van der Waals surface area (Å²) in [7, 11) is 1.60. The van der Waals surface area contributed by atoms with Gasteiger partial charge in [0.05, 0.1) is 26.0 Å². The number of hydrogen-bond donors (Lipinski definition) is 3. The van der Waals surface area contributed by atoms with Gasteiger partial charge in [0.1, 0.15) is 17.4 Å². The number of methoxy groups -OCH3 is 1. The molecule has 180 valence electrons. The fourth-order valence-electron chi connectivity index (χ4n) is 4.86. The number of nitrogens with zero attached hydrogens (tertiary/aromatic N) is 4. The number of rotatable bonds is 8. The van der Waals surface area contributed by atoms with Crippen LogP contribution in [0.4, 0.5) is 21.7 Å². The van der Waals surface area contributed by atoms with Gasteiger partial charge >= 0.3 is 0 Å². The van der Waals surface area contributed by atoms with Crippen molar-refractivity contribution in [3.05, 3.63) is 30.5 Å². The molecule has 3 heterocycles. The molecule has 0 radical (unpaired) electrons. The molecule has 3 aromatic rings. The number of aromatic nitrogens is 3. The van der Waals surface area contributed by atoms with Gasteiger partial charge in [-0.3, -0.25) is 0 Å². The molecule has 2 aliphatic rings. The minimum Gasteiger partial charge on any atom is -0.479 e. The van der Waals surface area contributed by atoms with Gasteiger partial charge in [0, 0.05) is 29.8 Å². The standard InChI is InChI=1S/C24H30FN7O2/c1-15(25)12-27-20-11-16(3-4-19(20)30-26)18-7-10-32-21(18)22(33-2)29-23(31-32)28-17-5-8-24(9-6-17)13-34-14-24/h3-4,7,10-11,15,17,26-27H,5-6,8-9,12-14H2,1-2H3,(H,28,31)/t15-/m1/s1. The first-order chi connectivity index (χ1) is 16.5. The Morgan fingerprint density at radius 3 is 2.76 bits per heavy atom. The van der Waals surface area contributed by atoms with Gasteiger partial charge in [-0.2, -0.15) is 10.1 Å². The molecule has 34 heavy (non-hydrogen) atoms. The van der Waals surface area contributed by atoms with E-state index in [-0.39, 0.29) is 6.54 Å². The summed E-state index contributed by atoms with van der Waals surface area (Å²) in [5.41, 5.74) is 11.3. The van der Waals surface area contributed by atoms with Crippen molar-refractivity contribution in [3.8, 4) is 17.0 Å². The molecule has 1 saturated heterocycles. The summed E-state index contributed by atoms with van der Waals surface area (Å²) in [4.78, 5) is 4.65. The van der Waals surface area contributed by atoms with Crippen molar-refractivity contribution in [1.29, 1.82) is 5.53 Å². The van der Waals surface area contributed by atoms with Crippen molar-refractivity contribution in [2.45, 2.75) is 44.8 Å². The molecule has 1 aliphatic heterocycles. The van der Waals surface area contributed by atoms with Crippen molar-refractivity contribution in [1.82, 2.24) is 14.6 Å². The number of benzene rings is 1. The predicted molar refractivity (Wildman–Crippen MR) is 128 cm³/mol. The van der Waals surface area contributed by atoms with Gasteiger partial charge in [-0.25, -0.2) is 14.4 Å². The maximum atomic E-state index is 13.4. The summed E-state index contributed by atoms with van der Waals surface area (Å²) in [6.45, 7) is 3.40. The summed E-state index contributed by atoms with van der Waals surface area (Å²) in [5, 5.41) is 14.8. The number of ether oxygens (including phenoxy) is 2. The lowest BCUT2D eigenvalue weighted by Gasteiger charge is -2.46. The number of nitrogens with one attached hydrogen (secondary N) is 3. The average molecular weight is 468 g/mol. The number of anilines is 2. The zero-order valence-electron chi connectivity index (χ0n) is 19.5.